The predicted octanol–water partition coefficient (Wildman–Crippen LogP) is 1.52. The van der Waals surface area contributed by atoms with E-state index in [9.17, 15) is 8.78 Å². The zero-order valence-electron chi connectivity index (χ0n) is 10.9. The molecule has 0 saturated heterocycles. The Kier molecular flexibility index (Phi) is 7.34. The minimum atomic E-state index is -0.438. The second kappa shape index (κ2) is 7.99. The number of halogens is 3. The summed E-state index contributed by atoms with van der Waals surface area (Å²) >= 11 is 5.65. The van der Waals surface area contributed by atoms with Gasteiger partial charge >= 0.3 is 58.2 Å². The van der Waals surface area contributed by atoms with Crippen molar-refractivity contribution in [2.45, 2.75) is 19.8 Å². The van der Waals surface area contributed by atoms with Gasteiger partial charge in [0.15, 0.2) is 0 Å². The van der Waals surface area contributed by atoms with Crippen molar-refractivity contribution in [3.8, 4) is 0 Å². The van der Waals surface area contributed by atoms with Crippen LogP contribution in [0.5, 0.6) is 0 Å². The number of hydrogen-bond acceptors (Lipinski definition) is 0. The Morgan fingerprint density at radius 1 is 1.16 bits per heavy atom. The van der Waals surface area contributed by atoms with Gasteiger partial charge in [-0.05, 0) is 42.0 Å². The Morgan fingerprint density at radius 2 is 1.89 bits per heavy atom. The van der Waals surface area contributed by atoms with Gasteiger partial charge in [0.05, 0.1) is 0 Å². The normalized spacial score (nSPS) is 10.1. The molecule has 19 heavy (non-hydrogen) atoms. The van der Waals surface area contributed by atoms with E-state index in [2.05, 4.69) is 6.07 Å². The molecule has 0 radical (unpaired) electrons. The van der Waals surface area contributed by atoms with Crippen molar-refractivity contribution in [3.05, 3.63) is 69.7 Å². The van der Waals surface area contributed by atoms with Gasteiger partial charge < -0.3 is 0 Å². The Balaban J connectivity index is 0.00000180. The second-order valence-electron chi connectivity index (χ2n) is 4.21. The molecule has 94 valence electrons. The van der Waals surface area contributed by atoms with Crippen LogP contribution >= 0.6 is 11.6 Å². The first-order chi connectivity index (χ1) is 8.58. The maximum Gasteiger partial charge on any atom is 1.00 e. The SMILES string of the molecule is Cc1ccc(CCc2cc[c-]c(Cl)c2F)cc1F.[Rb+]. The minimum Gasteiger partial charge on any atom is -0.283 e. The Hall–Kier alpha value is 0.395. The molecule has 0 aliphatic rings. The third-order valence-corrected chi connectivity index (χ3v) is 3.16. The van der Waals surface area contributed by atoms with E-state index in [1.807, 2.05) is 6.07 Å². The van der Waals surface area contributed by atoms with Gasteiger partial charge in [0, 0.05) is 5.82 Å². The van der Waals surface area contributed by atoms with Gasteiger partial charge in [-0.2, -0.15) is 18.2 Å². The molecule has 0 bridgehead atoms. The molecule has 0 nitrogen and oxygen atoms in total. The minimum absolute atomic E-state index is 0. The van der Waals surface area contributed by atoms with Crippen LogP contribution in [0.3, 0.4) is 0 Å². The van der Waals surface area contributed by atoms with Crippen molar-refractivity contribution in [3.63, 3.8) is 0 Å². The van der Waals surface area contributed by atoms with Gasteiger partial charge in [0.1, 0.15) is 5.82 Å². The van der Waals surface area contributed by atoms with Gasteiger partial charge in [0.2, 0.25) is 0 Å². The zero-order valence-corrected chi connectivity index (χ0v) is 16.6. The maximum atomic E-state index is 13.6. The molecule has 2 rings (SSSR count). The molecule has 2 aromatic rings. The van der Waals surface area contributed by atoms with E-state index in [0.717, 1.165) is 5.56 Å². The van der Waals surface area contributed by atoms with Crippen LogP contribution in [0.4, 0.5) is 8.78 Å². The van der Waals surface area contributed by atoms with E-state index in [1.165, 1.54) is 6.07 Å². The van der Waals surface area contributed by atoms with E-state index in [1.54, 1.807) is 25.1 Å². The first kappa shape index (κ1) is 17.4. The molecule has 0 amide bonds. The van der Waals surface area contributed by atoms with Crippen LogP contribution in [0.15, 0.2) is 30.3 Å². The molecule has 0 spiro atoms. The summed E-state index contributed by atoms with van der Waals surface area (Å²) in [4.78, 5) is 0. The Morgan fingerprint density at radius 3 is 2.58 bits per heavy atom. The van der Waals surface area contributed by atoms with Crippen molar-refractivity contribution in [2.24, 2.45) is 0 Å². The third kappa shape index (κ3) is 4.71. The molecule has 0 aliphatic carbocycles. The summed E-state index contributed by atoms with van der Waals surface area (Å²) in [5.41, 5.74) is 1.99. The van der Waals surface area contributed by atoms with E-state index in [0.29, 0.717) is 24.0 Å². The summed E-state index contributed by atoms with van der Waals surface area (Å²) in [6.07, 6.45) is 1.07. The van der Waals surface area contributed by atoms with E-state index in [4.69, 9.17) is 11.6 Å². The van der Waals surface area contributed by atoms with Gasteiger partial charge in [-0.3, -0.25) is 4.39 Å². The summed E-state index contributed by atoms with van der Waals surface area (Å²) in [5, 5.41) is 0.00240. The van der Waals surface area contributed by atoms with Crippen molar-refractivity contribution < 1.29 is 67.0 Å². The quantitative estimate of drug-likeness (QED) is 0.736. The summed E-state index contributed by atoms with van der Waals surface area (Å²) in [6, 6.07) is 10.9. The van der Waals surface area contributed by atoms with Crippen LogP contribution in [0.1, 0.15) is 16.7 Å². The monoisotopic (exact) mass is 350 g/mol. The molecule has 0 fully saturated rings. The fourth-order valence-electron chi connectivity index (χ4n) is 1.76. The van der Waals surface area contributed by atoms with Crippen molar-refractivity contribution in [1.82, 2.24) is 0 Å². The molecule has 0 unspecified atom stereocenters. The molecule has 0 saturated carbocycles. The average molecular weight is 351 g/mol. The molecule has 0 heterocycles. The van der Waals surface area contributed by atoms with Gasteiger partial charge in [-0.25, -0.2) is 4.39 Å². The first-order valence-electron chi connectivity index (χ1n) is 5.67. The van der Waals surface area contributed by atoms with E-state index < -0.39 is 5.82 Å². The van der Waals surface area contributed by atoms with E-state index >= 15 is 0 Å². The number of rotatable bonds is 3. The molecular weight excluding hydrogens is 339 g/mol. The number of hydrogen-bond donors (Lipinski definition) is 0. The Labute approximate surface area is 166 Å². The largest absolute Gasteiger partial charge is 1.00 e. The molecule has 4 heteroatoms. The fraction of sp³-hybridized carbons (Fsp3) is 0.200. The molecule has 0 aliphatic heterocycles. The van der Waals surface area contributed by atoms with E-state index in [-0.39, 0.29) is 69.0 Å². The molecule has 0 aromatic heterocycles. The van der Waals surface area contributed by atoms with Gasteiger partial charge in [0.25, 0.3) is 0 Å². The van der Waals surface area contributed by atoms with Crippen LogP contribution in [0.25, 0.3) is 0 Å². The first-order valence-corrected chi connectivity index (χ1v) is 6.05. The molecule has 0 atom stereocenters. The van der Waals surface area contributed by atoms with Crippen molar-refractivity contribution in [2.75, 3.05) is 0 Å². The van der Waals surface area contributed by atoms with Gasteiger partial charge in [-0.15, -0.1) is 17.2 Å². The second-order valence-corrected chi connectivity index (χ2v) is 4.59. The van der Waals surface area contributed by atoms with Crippen LogP contribution in [-0.4, -0.2) is 0 Å². The third-order valence-electron chi connectivity index (χ3n) is 2.89. The number of benzene rings is 2. The summed E-state index contributed by atoms with van der Waals surface area (Å²) in [7, 11) is 0. The maximum absolute atomic E-state index is 13.6. The topological polar surface area (TPSA) is 0 Å². The molecule has 0 N–H and O–H groups in total. The predicted molar refractivity (Wildman–Crippen MR) is 68.8 cm³/mol. The van der Waals surface area contributed by atoms with Crippen LogP contribution in [0.2, 0.25) is 5.02 Å². The van der Waals surface area contributed by atoms with Crippen LogP contribution < -0.4 is 58.2 Å². The summed E-state index contributed by atoms with van der Waals surface area (Å²) < 4.78 is 27.0. The van der Waals surface area contributed by atoms with Gasteiger partial charge in [-0.1, -0.05) is 12.1 Å². The van der Waals surface area contributed by atoms with Crippen LogP contribution in [0, 0.1) is 24.6 Å². The standard InChI is InChI=1S/C15H12ClF2.Rb/c1-10-5-6-11(9-14(10)17)7-8-12-3-2-4-13(16)15(12)18;/h2-3,5-6,9H,7-8H2,1H3;/q-1;+1. The van der Waals surface area contributed by atoms with Crippen molar-refractivity contribution >= 4 is 11.6 Å². The average Bonchev–Trinajstić information content (AvgIpc) is 2.35. The smallest absolute Gasteiger partial charge is 0.283 e. The fourth-order valence-corrected chi connectivity index (χ4v) is 1.94. The summed E-state index contributed by atoms with van der Waals surface area (Å²) in [5.74, 6) is -0.667. The van der Waals surface area contributed by atoms with Crippen molar-refractivity contribution in [1.29, 1.82) is 0 Å². The molecule has 2 aromatic carbocycles. The summed E-state index contributed by atoms with van der Waals surface area (Å²) in [6.45, 7) is 1.71. The zero-order chi connectivity index (χ0) is 13.1. The molecular formula is C15H12ClF2Rb. The van der Waals surface area contributed by atoms with Crippen LogP contribution in [-0.2, 0) is 12.8 Å². The Bertz CT molecular complexity index is 570. The number of aryl methyl sites for hydroxylation is 3.